The van der Waals surface area contributed by atoms with E-state index >= 15 is 0 Å². The maximum atomic E-state index is 12.8. The molecule has 0 radical (unpaired) electrons. The van der Waals surface area contributed by atoms with Gasteiger partial charge in [0.2, 0.25) is 10.0 Å². The fraction of sp³-hybridized carbons (Fsp3) is 0.571. The molecule has 112 valence electrons. The zero-order valence-electron chi connectivity index (χ0n) is 11.7. The van der Waals surface area contributed by atoms with Gasteiger partial charge in [0.05, 0.1) is 5.02 Å². The average molecular weight is 317 g/mol. The number of nitrogens with zero attached hydrogens (tertiary/aromatic N) is 1. The molecule has 1 unspecified atom stereocenters. The first kappa shape index (κ1) is 15.6. The van der Waals surface area contributed by atoms with Gasteiger partial charge in [0.25, 0.3) is 0 Å². The Kier molecular flexibility index (Phi) is 4.94. The standard InChI is InChI=1S/C14H21ClN2O2S/c1-2-5-12-6-3-4-9-17(12)20(18,19)14-10-11(16)7-8-13(14)15/h7-8,10,12H,2-6,9,16H2,1H3. The van der Waals surface area contributed by atoms with Crippen molar-refractivity contribution in [3.05, 3.63) is 23.2 Å². The number of anilines is 1. The quantitative estimate of drug-likeness (QED) is 0.867. The number of nitrogens with two attached hydrogens (primary N) is 1. The van der Waals surface area contributed by atoms with E-state index in [2.05, 4.69) is 6.92 Å². The molecule has 1 atom stereocenters. The van der Waals surface area contributed by atoms with Crippen molar-refractivity contribution < 1.29 is 8.42 Å². The van der Waals surface area contributed by atoms with E-state index in [9.17, 15) is 8.42 Å². The molecule has 0 aromatic heterocycles. The minimum absolute atomic E-state index is 0.0799. The average Bonchev–Trinajstić information content (AvgIpc) is 2.42. The Morgan fingerprint density at radius 3 is 2.85 bits per heavy atom. The summed E-state index contributed by atoms with van der Waals surface area (Å²) in [5.41, 5.74) is 6.12. The topological polar surface area (TPSA) is 63.4 Å². The SMILES string of the molecule is CCCC1CCCCN1S(=O)(=O)c1cc(N)ccc1Cl. The molecule has 1 saturated heterocycles. The Labute approximate surface area is 126 Å². The summed E-state index contributed by atoms with van der Waals surface area (Å²) in [5.74, 6) is 0. The van der Waals surface area contributed by atoms with Crippen molar-refractivity contribution >= 4 is 27.3 Å². The maximum absolute atomic E-state index is 12.8. The van der Waals surface area contributed by atoms with Crippen LogP contribution in [0.5, 0.6) is 0 Å². The van der Waals surface area contributed by atoms with E-state index in [1.165, 1.54) is 6.07 Å². The normalized spacial score (nSPS) is 21.0. The van der Waals surface area contributed by atoms with Gasteiger partial charge in [0.15, 0.2) is 0 Å². The van der Waals surface area contributed by atoms with E-state index in [1.807, 2.05) is 0 Å². The van der Waals surface area contributed by atoms with Gasteiger partial charge >= 0.3 is 0 Å². The van der Waals surface area contributed by atoms with Crippen molar-refractivity contribution in [3.63, 3.8) is 0 Å². The van der Waals surface area contributed by atoms with E-state index in [-0.39, 0.29) is 16.0 Å². The van der Waals surface area contributed by atoms with Crippen LogP contribution < -0.4 is 5.73 Å². The second kappa shape index (κ2) is 6.33. The zero-order chi connectivity index (χ0) is 14.8. The lowest BCUT2D eigenvalue weighted by Gasteiger charge is -2.34. The van der Waals surface area contributed by atoms with E-state index < -0.39 is 10.0 Å². The summed E-state index contributed by atoms with van der Waals surface area (Å²) in [6, 6.07) is 4.69. The summed E-state index contributed by atoms with van der Waals surface area (Å²) in [6.07, 6.45) is 4.77. The second-order valence-corrected chi connectivity index (χ2v) is 7.51. The van der Waals surface area contributed by atoms with Crippen molar-refractivity contribution in [1.82, 2.24) is 4.31 Å². The highest BCUT2D eigenvalue weighted by atomic mass is 35.5. The fourth-order valence-electron chi connectivity index (χ4n) is 2.76. The van der Waals surface area contributed by atoms with Gasteiger partial charge in [-0.3, -0.25) is 0 Å². The molecule has 6 heteroatoms. The number of benzene rings is 1. The van der Waals surface area contributed by atoms with E-state index in [4.69, 9.17) is 17.3 Å². The van der Waals surface area contributed by atoms with Gasteiger partial charge in [0, 0.05) is 18.3 Å². The first-order valence-corrected chi connectivity index (χ1v) is 8.85. The molecule has 20 heavy (non-hydrogen) atoms. The summed E-state index contributed by atoms with van der Waals surface area (Å²) in [4.78, 5) is 0.127. The molecule has 1 aromatic carbocycles. The van der Waals surface area contributed by atoms with Gasteiger partial charge in [-0.15, -0.1) is 0 Å². The molecule has 0 spiro atoms. The molecular weight excluding hydrogens is 296 g/mol. The molecule has 0 aliphatic carbocycles. The highest BCUT2D eigenvalue weighted by molar-refractivity contribution is 7.89. The third kappa shape index (κ3) is 3.10. The number of rotatable bonds is 4. The summed E-state index contributed by atoms with van der Waals surface area (Å²) < 4.78 is 27.3. The minimum Gasteiger partial charge on any atom is -0.399 e. The van der Waals surface area contributed by atoms with Crippen LogP contribution in [0.15, 0.2) is 23.1 Å². The minimum atomic E-state index is -3.57. The molecular formula is C14H21ClN2O2S. The van der Waals surface area contributed by atoms with E-state index in [0.717, 1.165) is 32.1 Å². The first-order valence-electron chi connectivity index (χ1n) is 7.03. The second-order valence-electron chi connectivity index (χ2n) is 5.24. The van der Waals surface area contributed by atoms with Gasteiger partial charge < -0.3 is 5.73 Å². The monoisotopic (exact) mass is 316 g/mol. The summed E-state index contributed by atoms with van der Waals surface area (Å²) >= 11 is 6.06. The molecule has 1 aliphatic rings. The van der Waals surface area contributed by atoms with Crippen LogP contribution in [-0.4, -0.2) is 25.3 Å². The predicted octanol–water partition coefficient (Wildman–Crippen LogP) is 3.27. The van der Waals surface area contributed by atoms with Crippen LogP contribution in [0.4, 0.5) is 5.69 Å². The van der Waals surface area contributed by atoms with Crippen LogP contribution in [0.25, 0.3) is 0 Å². The van der Waals surface area contributed by atoms with Crippen molar-refractivity contribution in [3.8, 4) is 0 Å². The Morgan fingerprint density at radius 1 is 1.40 bits per heavy atom. The van der Waals surface area contributed by atoms with Crippen LogP contribution in [0.1, 0.15) is 39.0 Å². The number of piperidine rings is 1. The summed E-state index contributed by atoms with van der Waals surface area (Å²) in [6.45, 7) is 2.64. The molecule has 1 aromatic rings. The number of sulfonamides is 1. The van der Waals surface area contributed by atoms with Crippen molar-refractivity contribution in [2.75, 3.05) is 12.3 Å². The fourth-order valence-corrected chi connectivity index (χ4v) is 4.99. The Hall–Kier alpha value is -0.780. The summed E-state index contributed by atoms with van der Waals surface area (Å²) in [7, 11) is -3.57. The maximum Gasteiger partial charge on any atom is 0.244 e. The largest absolute Gasteiger partial charge is 0.399 e. The van der Waals surface area contributed by atoms with Crippen LogP contribution in [0.2, 0.25) is 5.02 Å². The van der Waals surface area contributed by atoms with Crippen LogP contribution in [-0.2, 0) is 10.0 Å². The Bertz CT molecular complexity index is 573. The highest BCUT2D eigenvalue weighted by Crippen LogP contribution is 2.32. The molecule has 1 fully saturated rings. The molecule has 0 saturated carbocycles. The lowest BCUT2D eigenvalue weighted by molar-refractivity contribution is 0.239. The zero-order valence-corrected chi connectivity index (χ0v) is 13.3. The van der Waals surface area contributed by atoms with Crippen LogP contribution in [0, 0.1) is 0 Å². The molecule has 2 rings (SSSR count). The van der Waals surface area contributed by atoms with Crippen molar-refractivity contribution in [2.45, 2.75) is 50.0 Å². The number of hydrogen-bond acceptors (Lipinski definition) is 3. The number of nitrogen functional groups attached to an aromatic ring is 1. The third-order valence-corrected chi connectivity index (χ3v) is 6.17. The molecule has 0 amide bonds. The number of hydrogen-bond donors (Lipinski definition) is 1. The van der Waals surface area contributed by atoms with E-state index in [0.29, 0.717) is 12.2 Å². The smallest absolute Gasteiger partial charge is 0.244 e. The van der Waals surface area contributed by atoms with Crippen molar-refractivity contribution in [1.29, 1.82) is 0 Å². The molecule has 1 aliphatic heterocycles. The molecule has 0 bridgehead atoms. The Balaban J connectivity index is 2.39. The Morgan fingerprint density at radius 2 is 2.15 bits per heavy atom. The summed E-state index contributed by atoms with van der Waals surface area (Å²) in [5, 5.41) is 0.236. The highest BCUT2D eigenvalue weighted by Gasteiger charge is 2.34. The predicted molar refractivity (Wildman–Crippen MR) is 82.3 cm³/mol. The molecule has 4 nitrogen and oxygen atoms in total. The van der Waals surface area contributed by atoms with Gasteiger partial charge in [-0.1, -0.05) is 31.4 Å². The first-order chi connectivity index (χ1) is 9.46. The molecule has 1 heterocycles. The van der Waals surface area contributed by atoms with Crippen molar-refractivity contribution in [2.24, 2.45) is 0 Å². The van der Waals surface area contributed by atoms with Gasteiger partial charge in [-0.05, 0) is 37.5 Å². The third-order valence-electron chi connectivity index (χ3n) is 3.74. The lowest BCUT2D eigenvalue weighted by atomic mass is 10.0. The van der Waals surface area contributed by atoms with Gasteiger partial charge in [-0.2, -0.15) is 4.31 Å². The van der Waals surface area contributed by atoms with Crippen LogP contribution >= 0.6 is 11.6 Å². The van der Waals surface area contributed by atoms with Gasteiger partial charge in [0.1, 0.15) is 4.90 Å². The number of halogens is 1. The molecule has 2 N–H and O–H groups in total. The lowest BCUT2D eigenvalue weighted by Crippen LogP contribution is -2.43. The van der Waals surface area contributed by atoms with Crippen LogP contribution in [0.3, 0.4) is 0 Å². The van der Waals surface area contributed by atoms with Gasteiger partial charge in [-0.25, -0.2) is 8.42 Å². The van der Waals surface area contributed by atoms with E-state index in [1.54, 1.807) is 16.4 Å².